The fourth-order valence-corrected chi connectivity index (χ4v) is 1.90. The van der Waals surface area contributed by atoms with Crippen LogP contribution in [0.25, 0.3) is 0 Å². The summed E-state index contributed by atoms with van der Waals surface area (Å²) in [6.45, 7) is 2.76. The average Bonchev–Trinajstić information content (AvgIpc) is 3.00. The van der Waals surface area contributed by atoms with Crippen molar-refractivity contribution in [2.24, 2.45) is 0 Å². The van der Waals surface area contributed by atoms with Gasteiger partial charge in [-0.1, -0.05) is 22.2 Å². The second-order valence-corrected chi connectivity index (χ2v) is 8.44. The van der Waals surface area contributed by atoms with Crippen molar-refractivity contribution < 1.29 is 18.3 Å². The maximum absolute atomic E-state index is 5.72. The number of epoxide rings is 1. The van der Waals surface area contributed by atoms with Crippen molar-refractivity contribution in [1.82, 2.24) is 0 Å². The van der Waals surface area contributed by atoms with Crippen LogP contribution in [0.2, 0.25) is 0 Å². The van der Waals surface area contributed by atoms with Gasteiger partial charge in [0, 0.05) is 20.3 Å². The Kier molecular flexibility index (Phi) is 6.45. The van der Waals surface area contributed by atoms with Crippen LogP contribution < -0.4 is 0 Å². The highest BCUT2D eigenvalue weighted by Crippen LogP contribution is 2.17. The molecule has 7 heteroatoms. The lowest BCUT2D eigenvalue weighted by Crippen LogP contribution is -2.28. The van der Waals surface area contributed by atoms with Crippen LogP contribution in [0.4, 0.5) is 0 Å². The van der Waals surface area contributed by atoms with Crippen molar-refractivity contribution in [3.8, 4) is 0 Å². The molecule has 0 amide bonds. The lowest BCUT2D eigenvalue weighted by Gasteiger charge is -2.13. The lowest BCUT2D eigenvalue weighted by molar-refractivity contribution is 0.109. The summed E-state index contributed by atoms with van der Waals surface area (Å²) in [5.41, 5.74) is 0. The number of rotatable bonds is 9. The molecule has 1 rings (SSSR count). The van der Waals surface area contributed by atoms with E-state index in [0.29, 0.717) is 19.3 Å². The van der Waals surface area contributed by atoms with Gasteiger partial charge in [-0.2, -0.15) is 0 Å². The number of ether oxygens (including phenoxy) is 2. The first-order valence-electron chi connectivity index (χ1n) is 4.90. The quantitative estimate of drug-likeness (QED) is 0.278. The highest BCUT2D eigenvalue weighted by molar-refractivity contribution is 7.39. The molecule has 1 atom stereocenters. The fourth-order valence-electron chi connectivity index (χ4n) is 0.935. The van der Waals surface area contributed by atoms with Crippen LogP contribution in [-0.2, 0) is 18.3 Å². The number of hydrogen-bond acceptors (Lipinski definition) is 4. The predicted molar refractivity (Wildman–Crippen MR) is 60.2 cm³/mol. The molecule has 15 heavy (non-hydrogen) atoms. The zero-order valence-corrected chi connectivity index (χ0v) is 11.2. The zero-order valence-electron chi connectivity index (χ0n) is 8.71. The smallest absolute Gasteiger partial charge is 0.379 e. The van der Waals surface area contributed by atoms with E-state index in [1.54, 1.807) is 0 Å². The summed E-state index contributed by atoms with van der Waals surface area (Å²) in [7, 11) is -1.42. The van der Waals surface area contributed by atoms with Gasteiger partial charge in [-0.05, 0) is 12.8 Å². The van der Waals surface area contributed by atoms with Crippen molar-refractivity contribution in [2.45, 2.75) is 18.9 Å². The molecule has 0 radical (unpaired) electrons. The van der Waals surface area contributed by atoms with Crippen molar-refractivity contribution in [2.75, 3.05) is 33.5 Å². The maximum atomic E-state index is 5.72. The van der Waals surface area contributed by atoms with E-state index in [1.165, 1.54) is 7.11 Å². The van der Waals surface area contributed by atoms with Gasteiger partial charge in [0.1, 0.15) is 6.10 Å². The molecule has 1 saturated heterocycles. The molecule has 0 bridgehead atoms. The molecule has 1 unspecified atom stereocenters. The van der Waals surface area contributed by atoms with Crippen molar-refractivity contribution in [3.05, 3.63) is 0 Å². The average molecular weight is 275 g/mol. The Morgan fingerprint density at radius 2 is 2.00 bits per heavy atom. The van der Waals surface area contributed by atoms with Gasteiger partial charge in [0.25, 0.3) is 0 Å². The standard InChI is InChI=1S/C8H16Cl2O4Si/c1-11-15(9,10)14-5-3-2-4-12-6-8-7-13-8/h8H,2-7H2,1H3. The minimum absolute atomic E-state index is 0.334. The summed E-state index contributed by atoms with van der Waals surface area (Å²) >= 11 is 11.4. The summed E-state index contributed by atoms with van der Waals surface area (Å²) in [6, 6.07) is 0. The normalized spacial score (nSPS) is 20.6. The molecule has 90 valence electrons. The van der Waals surface area contributed by atoms with Gasteiger partial charge in [-0.25, -0.2) is 0 Å². The Bertz CT molecular complexity index is 178. The summed E-state index contributed by atoms with van der Waals surface area (Å²) in [5, 5.41) is 0. The molecule has 4 nitrogen and oxygen atoms in total. The molecule has 1 aliphatic heterocycles. The van der Waals surface area contributed by atoms with Crippen LogP contribution in [0.3, 0.4) is 0 Å². The van der Waals surface area contributed by atoms with E-state index >= 15 is 0 Å². The Morgan fingerprint density at radius 1 is 1.33 bits per heavy atom. The topological polar surface area (TPSA) is 40.2 Å². The van der Waals surface area contributed by atoms with Crippen LogP contribution in [0.1, 0.15) is 12.8 Å². The van der Waals surface area contributed by atoms with Gasteiger partial charge in [-0.3, -0.25) is 0 Å². The van der Waals surface area contributed by atoms with Gasteiger partial charge < -0.3 is 18.3 Å². The van der Waals surface area contributed by atoms with Gasteiger partial charge in [0.15, 0.2) is 0 Å². The molecule has 1 fully saturated rings. The minimum Gasteiger partial charge on any atom is -0.379 e. The van der Waals surface area contributed by atoms with Crippen molar-refractivity contribution in [3.63, 3.8) is 0 Å². The highest BCUT2D eigenvalue weighted by Gasteiger charge is 2.31. The third kappa shape index (κ3) is 7.51. The Morgan fingerprint density at radius 3 is 2.60 bits per heavy atom. The molecule has 0 aromatic rings. The summed E-state index contributed by atoms with van der Waals surface area (Å²) in [4.78, 5) is 0. The number of hydrogen-bond donors (Lipinski definition) is 0. The molecule has 0 N–H and O–H groups in total. The molecule has 0 saturated carbocycles. The monoisotopic (exact) mass is 274 g/mol. The van der Waals surface area contributed by atoms with E-state index in [4.69, 9.17) is 40.5 Å². The second-order valence-electron chi connectivity index (χ2n) is 3.25. The maximum Gasteiger partial charge on any atom is 0.551 e. The molecule has 1 aliphatic rings. The Labute approximate surface area is 100 Å². The van der Waals surface area contributed by atoms with E-state index in [0.717, 1.165) is 26.1 Å². The summed E-state index contributed by atoms with van der Waals surface area (Å²) in [6.07, 6.45) is 2.12. The number of halogens is 2. The van der Waals surface area contributed by atoms with Gasteiger partial charge >= 0.3 is 7.18 Å². The summed E-state index contributed by atoms with van der Waals surface area (Å²) < 4.78 is 20.3. The predicted octanol–water partition coefficient (Wildman–Crippen LogP) is 1.76. The molecule has 0 aromatic heterocycles. The van der Waals surface area contributed by atoms with E-state index in [1.807, 2.05) is 0 Å². The summed E-state index contributed by atoms with van der Waals surface area (Å²) in [5.74, 6) is 0. The molecule has 0 aliphatic carbocycles. The van der Waals surface area contributed by atoms with Crippen molar-refractivity contribution >= 4 is 29.3 Å². The van der Waals surface area contributed by atoms with E-state index in [-0.39, 0.29) is 0 Å². The van der Waals surface area contributed by atoms with Gasteiger partial charge in [0.2, 0.25) is 0 Å². The van der Waals surface area contributed by atoms with Crippen LogP contribution in [0, 0.1) is 0 Å². The highest BCUT2D eigenvalue weighted by atomic mass is 35.7. The zero-order chi connectivity index (χ0) is 11.1. The largest absolute Gasteiger partial charge is 0.551 e. The van der Waals surface area contributed by atoms with E-state index < -0.39 is 7.18 Å². The first-order valence-corrected chi connectivity index (χ1v) is 8.74. The van der Waals surface area contributed by atoms with Gasteiger partial charge in [-0.15, -0.1) is 0 Å². The van der Waals surface area contributed by atoms with E-state index in [9.17, 15) is 0 Å². The Balaban J connectivity index is 1.79. The third-order valence-electron chi connectivity index (χ3n) is 1.90. The molecule has 0 aromatic carbocycles. The van der Waals surface area contributed by atoms with Crippen LogP contribution in [0.15, 0.2) is 0 Å². The third-order valence-corrected chi connectivity index (χ3v) is 4.49. The van der Waals surface area contributed by atoms with Crippen LogP contribution in [0.5, 0.6) is 0 Å². The molecule has 1 heterocycles. The fraction of sp³-hybridized carbons (Fsp3) is 1.00. The number of unbranched alkanes of at least 4 members (excludes halogenated alkanes) is 1. The lowest BCUT2D eigenvalue weighted by atomic mass is 10.3. The first kappa shape index (κ1) is 13.7. The second kappa shape index (κ2) is 7.06. The Hall–Kier alpha value is 0.637. The van der Waals surface area contributed by atoms with Gasteiger partial charge in [0.05, 0.1) is 13.2 Å². The molecular weight excluding hydrogens is 259 g/mol. The first-order chi connectivity index (χ1) is 7.14. The van der Waals surface area contributed by atoms with Crippen LogP contribution >= 0.6 is 22.2 Å². The SMILES string of the molecule is CO[Si](Cl)(Cl)OCCCCOCC1CO1. The minimum atomic E-state index is -2.87. The molecule has 0 spiro atoms. The van der Waals surface area contributed by atoms with Crippen molar-refractivity contribution in [1.29, 1.82) is 0 Å². The van der Waals surface area contributed by atoms with Crippen LogP contribution in [-0.4, -0.2) is 46.8 Å². The van der Waals surface area contributed by atoms with E-state index in [2.05, 4.69) is 0 Å². The molecular formula is C8H16Cl2O4Si.